The molecule has 0 heterocycles. The van der Waals surface area contributed by atoms with Crippen molar-refractivity contribution in [2.45, 2.75) is 0 Å². The molecule has 0 atom stereocenters. The van der Waals surface area contributed by atoms with Crippen LogP contribution in [0.2, 0.25) is 0 Å². The highest BCUT2D eigenvalue weighted by atomic mass is 15.4. The Bertz CT molecular complexity index is 97.9. The van der Waals surface area contributed by atoms with E-state index in [-0.39, 0.29) is 5.01 Å². The van der Waals surface area contributed by atoms with Crippen LogP contribution in [0.15, 0.2) is 0 Å². The van der Waals surface area contributed by atoms with E-state index in [1.54, 1.807) is 0 Å². The Hall–Kier alpha value is -0.0800. The van der Waals surface area contributed by atoms with Crippen molar-refractivity contribution in [1.82, 2.24) is 5.01 Å². The van der Waals surface area contributed by atoms with E-state index in [1.807, 2.05) is 0 Å². The number of hydrogen-bond donors (Lipinski definition) is 1. The van der Waals surface area contributed by atoms with E-state index < -0.39 is 14.0 Å². The molecule has 4 heavy (non-hydrogen) atoms. The lowest BCUT2D eigenvalue weighted by Gasteiger charge is -1.91. The van der Waals surface area contributed by atoms with Gasteiger partial charge in [0.1, 0.15) is 0 Å². The van der Waals surface area contributed by atoms with Crippen LogP contribution in [-0.4, -0.2) is 19.0 Å². The maximum atomic E-state index is 6.57. The molecule has 0 saturated carbocycles. The van der Waals surface area contributed by atoms with E-state index in [0.29, 0.717) is 0 Å². The number of nitrogens with zero attached hydrogens (tertiary/aromatic N) is 1. The van der Waals surface area contributed by atoms with E-state index >= 15 is 0 Å². The largest absolute Gasteiger partial charge is 0.269 e. The highest BCUT2D eigenvalue weighted by Crippen LogP contribution is 1.37. The van der Waals surface area contributed by atoms with E-state index in [9.17, 15) is 0 Å². The molecule has 0 saturated heterocycles. The molecule has 2 heteroatoms. The van der Waals surface area contributed by atoms with Crippen LogP contribution in [0.5, 0.6) is 0 Å². The lowest BCUT2D eigenvalue weighted by Crippen LogP contribution is -2.18. The first-order valence-corrected chi connectivity index (χ1v) is 0.705. The van der Waals surface area contributed by atoms with Gasteiger partial charge in [0.25, 0.3) is 0 Å². The minimum Gasteiger partial charge on any atom is -0.269 e. The van der Waals surface area contributed by atoms with Gasteiger partial charge in [0.15, 0.2) is 0 Å². The van der Waals surface area contributed by atoms with Gasteiger partial charge in [-0.2, -0.15) is 0 Å². The fraction of sp³-hybridized carbons (Fsp3) is 1.00. The summed E-state index contributed by atoms with van der Waals surface area (Å²) in [7, 11) is 0. The molecule has 0 aliphatic heterocycles. The van der Waals surface area contributed by atoms with Crippen molar-refractivity contribution < 1.29 is 8.22 Å². The Morgan fingerprint density at radius 3 is 2.50 bits per heavy atom. The van der Waals surface area contributed by atoms with Crippen LogP contribution in [0.3, 0.4) is 0 Å². The second-order valence-corrected chi connectivity index (χ2v) is 0.370. The lowest BCUT2D eigenvalue weighted by molar-refractivity contribution is 0.432. The van der Waals surface area contributed by atoms with Crippen molar-refractivity contribution in [3.05, 3.63) is 0 Å². The van der Waals surface area contributed by atoms with Gasteiger partial charge in [0, 0.05) is 22.2 Å². The summed E-state index contributed by atoms with van der Waals surface area (Å²) in [4.78, 5) is 0. The maximum absolute atomic E-state index is 6.57. The van der Waals surface area contributed by atoms with Crippen molar-refractivity contribution in [3.8, 4) is 0 Å². The molecule has 0 amide bonds. The van der Waals surface area contributed by atoms with Crippen molar-refractivity contribution >= 4 is 0 Å². The molecule has 0 radical (unpaired) electrons. The van der Waals surface area contributed by atoms with Crippen molar-refractivity contribution in [3.63, 3.8) is 0 Å². The quantitative estimate of drug-likeness (QED) is 0.303. The van der Waals surface area contributed by atoms with Crippen molar-refractivity contribution in [2.75, 3.05) is 14.0 Å². The van der Waals surface area contributed by atoms with Crippen LogP contribution in [0.4, 0.5) is 0 Å². The molecule has 0 spiro atoms. The topological polar surface area (TPSA) is 29.3 Å². The van der Waals surface area contributed by atoms with Gasteiger partial charge in [-0.3, -0.25) is 10.9 Å². The van der Waals surface area contributed by atoms with Crippen LogP contribution < -0.4 is 5.84 Å². The number of hydrogen-bond acceptors (Lipinski definition) is 2. The zero-order valence-electron chi connectivity index (χ0n) is 8.02. The third-order valence-electron chi connectivity index (χ3n) is 0. The molecule has 0 aromatic rings. The molecule has 0 fully saturated rings. The Kier molecular flexibility index (Phi) is 0.133. The Morgan fingerprint density at radius 1 is 2.00 bits per heavy atom. The molecular formula is C2H8N2. The molecule has 2 N–H and O–H groups in total. The van der Waals surface area contributed by atoms with Gasteiger partial charge in [0.2, 0.25) is 0 Å². The van der Waals surface area contributed by atoms with Crippen LogP contribution in [0.1, 0.15) is 8.22 Å². The van der Waals surface area contributed by atoms with Gasteiger partial charge in [-0.15, -0.1) is 0 Å². The van der Waals surface area contributed by atoms with Crippen molar-refractivity contribution in [1.29, 1.82) is 0 Å². The van der Waals surface area contributed by atoms with E-state index in [1.165, 1.54) is 0 Å². The fourth-order valence-corrected chi connectivity index (χ4v) is 0. The normalized spacial score (nSPS) is 37.5. The van der Waals surface area contributed by atoms with Gasteiger partial charge in [0.05, 0.1) is 0 Å². The summed E-state index contributed by atoms with van der Waals surface area (Å²) in [5.41, 5.74) is 0. The maximum Gasteiger partial charge on any atom is 0.0409 e. The monoisotopic (exact) mass is 66.1 g/mol. The summed E-state index contributed by atoms with van der Waals surface area (Å²) in [6.07, 6.45) is 0. The second-order valence-electron chi connectivity index (χ2n) is 0.370. The van der Waals surface area contributed by atoms with Gasteiger partial charge < -0.3 is 0 Å². The van der Waals surface area contributed by atoms with Gasteiger partial charge in [-0.25, -0.2) is 0 Å². The van der Waals surface area contributed by atoms with Crippen LogP contribution in [0.25, 0.3) is 0 Å². The first kappa shape index (κ1) is 0.420. The summed E-state index contributed by atoms with van der Waals surface area (Å²) < 4.78 is 39.4. The predicted molar refractivity (Wildman–Crippen MR) is 17.9 cm³/mol. The fourth-order valence-electron chi connectivity index (χ4n) is 0. The van der Waals surface area contributed by atoms with E-state index in [2.05, 4.69) is 0 Å². The average Bonchev–Trinajstić information content (AvgIpc) is 1.59. The molecule has 0 aromatic carbocycles. The SMILES string of the molecule is [2H]C([2H])([2H])N(N)C([2H])([2H])[2H]. The first-order valence-electron chi connectivity index (χ1n) is 3.71. The van der Waals surface area contributed by atoms with E-state index in [0.717, 1.165) is 0 Å². The number of hydrazine groups is 1. The third kappa shape index (κ3) is 254. The minimum absolute atomic E-state index is 0.125. The summed E-state index contributed by atoms with van der Waals surface area (Å²) in [5, 5.41) is -0.125. The Labute approximate surface area is 34.6 Å². The van der Waals surface area contributed by atoms with E-state index in [4.69, 9.17) is 14.1 Å². The molecule has 0 aliphatic carbocycles. The average molecular weight is 66.1 g/mol. The lowest BCUT2D eigenvalue weighted by atomic mass is 11.2. The number of rotatable bonds is 0. The minimum atomic E-state index is -2.76. The Balaban J connectivity index is 4.23. The summed E-state index contributed by atoms with van der Waals surface area (Å²) >= 11 is 0. The molecule has 0 aliphatic rings. The Morgan fingerprint density at radius 2 is 2.50 bits per heavy atom. The molecule has 0 unspecified atom stereocenters. The van der Waals surface area contributed by atoms with Crippen LogP contribution in [-0.2, 0) is 0 Å². The van der Waals surface area contributed by atoms with Crippen LogP contribution in [0, 0.1) is 0 Å². The summed E-state index contributed by atoms with van der Waals surface area (Å²) in [6.45, 7) is -5.52. The third-order valence-corrected chi connectivity index (χ3v) is 0. The zero-order chi connectivity index (χ0) is 8.58. The molecule has 0 rings (SSSR count). The summed E-state index contributed by atoms with van der Waals surface area (Å²) in [5.74, 6) is 4.74. The van der Waals surface area contributed by atoms with Gasteiger partial charge in [-0.1, -0.05) is 0 Å². The molecule has 0 bridgehead atoms. The zero-order valence-corrected chi connectivity index (χ0v) is 2.02. The van der Waals surface area contributed by atoms with Gasteiger partial charge in [-0.05, 0) is 0 Å². The molecule has 2 nitrogen and oxygen atoms in total. The summed E-state index contributed by atoms with van der Waals surface area (Å²) in [6, 6.07) is 0. The smallest absolute Gasteiger partial charge is 0.0409 e. The van der Waals surface area contributed by atoms with Crippen molar-refractivity contribution in [2.24, 2.45) is 5.84 Å². The molecule has 26 valence electrons. The van der Waals surface area contributed by atoms with Gasteiger partial charge >= 0.3 is 0 Å². The molecular weight excluding hydrogens is 52.0 g/mol. The predicted octanol–water partition coefficient (Wildman–Crippen LogP) is -0.578. The highest BCUT2D eigenvalue weighted by molar-refractivity contribution is 4.01. The highest BCUT2D eigenvalue weighted by Gasteiger charge is 1.57. The standard InChI is InChI=1S/C2H8N2/c1-4(2)3/h3H2,1-2H3/i1D3,2D3. The first-order chi connectivity index (χ1) is 4.15. The molecule has 0 aromatic heterocycles. The number of nitrogens with two attached hydrogens (primary N) is 1. The van der Waals surface area contributed by atoms with Crippen LogP contribution >= 0.6 is 0 Å². The second kappa shape index (κ2) is 1.26.